The standard InChI is InChI=1S/C88H156NO8P/c1-6-8-10-12-14-16-18-20-22-24-26-28-30-32-34-36-38-40-42-43-44-45-47-48-50-52-54-56-58-60-62-64-66-68-70-72-74-76-78-80-87(90)94-84-86(85-96-98(92,93)95-83-82-89(3,4)5)97-88(91)81-79-77-75-73-71-69-67-65-63-61-59-57-55-53-51-49-46-41-39-37-35-33-31-29-27-25-23-21-19-17-15-13-11-9-7-2/h9,11,15,17-18,20-21,23-24,26-27,29-30,32-33,35,39,41,49,51,86H,6-8,10,12-14,16,19,22,25,28,31,34,36-38,40,42-48,50,52-85H2,1-5H3/b11-9-,17-15-,20-18-,23-21-,26-24-,29-27-,32-30-,35-33-,41-39-,51-49-. The highest BCUT2D eigenvalue weighted by atomic mass is 31.2. The highest BCUT2D eigenvalue weighted by Crippen LogP contribution is 2.38. The van der Waals surface area contributed by atoms with E-state index in [4.69, 9.17) is 18.5 Å². The fourth-order valence-corrected chi connectivity index (χ4v) is 12.4. The Labute approximate surface area is 607 Å². The van der Waals surface area contributed by atoms with Gasteiger partial charge in [0.25, 0.3) is 7.82 Å². The van der Waals surface area contributed by atoms with E-state index in [1.54, 1.807) is 0 Å². The van der Waals surface area contributed by atoms with E-state index >= 15 is 0 Å². The van der Waals surface area contributed by atoms with Crippen LogP contribution in [0.5, 0.6) is 0 Å². The minimum atomic E-state index is -4.65. The lowest BCUT2D eigenvalue weighted by Crippen LogP contribution is -2.37. The second-order valence-electron chi connectivity index (χ2n) is 28.8. The molecular weight excluding hydrogens is 1230 g/mol. The second-order valence-corrected chi connectivity index (χ2v) is 30.2. The number of rotatable bonds is 76. The summed E-state index contributed by atoms with van der Waals surface area (Å²) in [5.74, 6) is -0.823. The summed E-state index contributed by atoms with van der Waals surface area (Å²) in [7, 11) is 1.17. The van der Waals surface area contributed by atoms with Gasteiger partial charge in [0.2, 0.25) is 0 Å². The van der Waals surface area contributed by atoms with Crippen molar-refractivity contribution < 1.29 is 42.1 Å². The van der Waals surface area contributed by atoms with Gasteiger partial charge in [-0.2, -0.15) is 0 Å². The van der Waals surface area contributed by atoms with Gasteiger partial charge in [0.15, 0.2) is 6.10 Å². The molecule has 2 atom stereocenters. The molecule has 0 aliphatic rings. The predicted molar refractivity (Wildman–Crippen MR) is 425 cm³/mol. The van der Waals surface area contributed by atoms with Gasteiger partial charge in [-0.05, 0) is 109 Å². The third-order valence-electron chi connectivity index (χ3n) is 18.0. The van der Waals surface area contributed by atoms with E-state index in [0.717, 1.165) is 96.3 Å². The quantitative estimate of drug-likeness (QED) is 0.0195. The van der Waals surface area contributed by atoms with Gasteiger partial charge in [0, 0.05) is 12.8 Å². The summed E-state index contributed by atoms with van der Waals surface area (Å²) in [4.78, 5) is 38.2. The Bertz CT molecular complexity index is 2070. The zero-order chi connectivity index (χ0) is 71.1. The SMILES string of the molecule is CC/C=C\C/C=C\C/C=C\C/C=C\C/C=C\C/C=C\C/C=C\CCCCCCCCCCCCCCCC(=O)OC(COC(=O)CCCCCCCCCCCCCCCCCCCCCCCCCC/C=C\C/C=C\C/C=C\CCCCCCC)COP(=O)([O-])OCC[N+](C)(C)C. The van der Waals surface area contributed by atoms with Crippen molar-refractivity contribution in [1.29, 1.82) is 0 Å². The van der Waals surface area contributed by atoms with E-state index < -0.39 is 26.5 Å². The topological polar surface area (TPSA) is 111 Å². The number of allylic oxidation sites excluding steroid dienone is 20. The third-order valence-corrected chi connectivity index (χ3v) is 18.9. The van der Waals surface area contributed by atoms with Crippen LogP contribution in [0, 0.1) is 0 Å². The first kappa shape index (κ1) is 94.4. The van der Waals surface area contributed by atoms with Gasteiger partial charge in [-0.3, -0.25) is 14.2 Å². The molecule has 0 saturated carbocycles. The lowest BCUT2D eigenvalue weighted by atomic mass is 10.0. The Kier molecular flexibility index (Phi) is 74.7. The summed E-state index contributed by atoms with van der Waals surface area (Å²) in [6.45, 7) is 4.15. The highest BCUT2D eigenvalue weighted by Gasteiger charge is 2.22. The number of phosphoric ester groups is 1. The number of carbonyl (C=O) groups excluding carboxylic acids is 2. The smallest absolute Gasteiger partial charge is 0.306 e. The summed E-state index contributed by atoms with van der Waals surface area (Å²) in [5, 5.41) is 0. The molecular formula is C88H156NO8P. The summed E-state index contributed by atoms with van der Waals surface area (Å²) in [5.41, 5.74) is 0. The molecule has 0 saturated heterocycles. The summed E-state index contributed by atoms with van der Waals surface area (Å²) < 4.78 is 34.4. The summed E-state index contributed by atoms with van der Waals surface area (Å²) in [6, 6.07) is 0. The van der Waals surface area contributed by atoms with E-state index in [9.17, 15) is 19.0 Å². The van der Waals surface area contributed by atoms with Crippen molar-refractivity contribution in [3.8, 4) is 0 Å². The largest absolute Gasteiger partial charge is 0.756 e. The van der Waals surface area contributed by atoms with Crippen molar-refractivity contribution >= 4 is 19.8 Å². The highest BCUT2D eigenvalue weighted by molar-refractivity contribution is 7.45. The molecule has 0 aliphatic heterocycles. The van der Waals surface area contributed by atoms with Crippen LogP contribution in [0.25, 0.3) is 0 Å². The van der Waals surface area contributed by atoms with Crippen LogP contribution in [-0.4, -0.2) is 70.0 Å². The van der Waals surface area contributed by atoms with Crippen LogP contribution in [0.2, 0.25) is 0 Å². The average Bonchev–Trinajstić information content (AvgIpc) is 1.08. The van der Waals surface area contributed by atoms with E-state index in [-0.39, 0.29) is 32.0 Å². The first-order valence-electron chi connectivity index (χ1n) is 41.2. The molecule has 566 valence electrons. The first-order chi connectivity index (χ1) is 48.0. The molecule has 2 unspecified atom stereocenters. The van der Waals surface area contributed by atoms with E-state index in [1.807, 2.05) is 21.1 Å². The van der Waals surface area contributed by atoms with Gasteiger partial charge in [-0.25, -0.2) is 0 Å². The number of nitrogens with zero attached hydrogens (tertiary/aromatic N) is 1. The number of phosphoric acid groups is 1. The van der Waals surface area contributed by atoms with Crippen LogP contribution >= 0.6 is 7.82 Å². The van der Waals surface area contributed by atoms with Crippen molar-refractivity contribution in [2.24, 2.45) is 0 Å². The maximum atomic E-state index is 12.9. The maximum Gasteiger partial charge on any atom is 0.306 e. The molecule has 0 amide bonds. The van der Waals surface area contributed by atoms with Crippen molar-refractivity contribution in [3.05, 3.63) is 122 Å². The Morgan fingerprint density at radius 1 is 0.327 bits per heavy atom. The molecule has 0 rings (SSSR count). The Morgan fingerprint density at radius 2 is 0.582 bits per heavy atom. The number of unbranched alkanes of at least 4 members (excludes halogenated alkanes) is 42. The van der Waals surface area contributed by atoms with Crippen LogP contribution in [0.15, 0.2) is 122 Å². The van der Waals surface area contributed by atoms with Gasteiger partial charge < -0.3 is 27.9 Å². The number of esters is 2. The minimum absolute atomic E-state index is 0.0334. The number of ether oxygens (including phenoxy) is 2. The summed E-state index contributed by atoms with van der Waals surface area (Å²) in [6.07, 6.45) is 112. The van der Waals surface area contributed by atoms with Gasteiger partial charge in [-0.15, -0.1) is 0 Å². The van der Waals surface area contributed by atoms with Gasteiger partial charge in [-0.1, -0.05) is 373 Å². The average molecular weight is 1390 g/mol. The molecule has 10 heteroatoms. The Balaban J connectivity index is 3.95. The van der Waals surface area contributed by atoms with Crippen molar-refractivity contribution in [1.82, 2.24) is 0 Å². The van der Waals surface area contributed by atoms with E-state index in [2.05, 4.69) is 135 Å². The molecule has 0 fully saturated rings. The number of hydrogen-bond acceptors (Lipinski definition) is 8. The molecule has 0 aromatic carbocycles. The molecule has 0 heterocycles. The van der Waals surface area contributed by atoms with E-state index in [0.29, 0.717) is 17.4 Å². The second kappa shape index (κ2) is 77.6. The van der Waals surface area contributed by atoms with Crippen LogP contribution in [-0.2, 0) is 32.7 Å². The lowest BCUT2D eigenvalue weighted by Gasteiger charge is -2.28. The molecule has 0 aromatic heterocycles. The summed E-state index contributed by atoms with van der Waals surface area (Å²) >= 11 is 0. The zero-order valence-electron chi connectivity index (χ0n) is 64.7. The van der Waals surface area contributed by atoms with Gasteiger partial charge in [0.05, 0.1) is 27.7 Å². The van der Waals surface area contributed by atoms with Gasteiger partial charge in [0.1, 0.15) is 19.8 Å². The third kappa shape index (κ3) is 81.4. The maximum absolute atomic E-state index is 12.9. The number of hydrogen-bond donors (Lipinski definition) is 0. The van der Waals surface area contributed by atoms with Crippen molar-refractivity contribution in [3.63, 3.8) is 0 Å². The number of quaternary nitrogens is 1. The molecule has 0 aliphatic carbocycles. The van der Waals surface area contributed by atoms with Crippen LogP contribution in [0.1, 0.15) is 373 Å². The predicted octanol–water partition coefficient (Wildman–Crippen LogP) is 27.1. The van der Waals surface area contributed by atoms with Gasteiger partial charge >= 0.3 is 11.9 Å². The number of likely N-dealkylation sites (N-methyl/N-ethyl adjacent to an activating group) is 1. The first-order valence-corrected chi connectivity index (χ1v) is 42.7. The molecule has 98 heavy (non-hydrogen) atoms. The Morgan fingerprint density at radius 3 is 0.867 bits per heavy atom. The lowest BCUT2D eigenvalue weighted by molar-refractivity contribution is -0.870. The minimum Gasteiger partial charge on any atom is -0.756 e. The zero-order valence-corrected chi connectivity index (χ0v) is 65.6. The molecule has 0 radical (unpaired) electrons. The number of carbonyl (C=O) groups is 2. The van der Waals surface area contributed by atoms with Crippen molar-refractivity contribution in [2.75, 3.05) is 47.5 Å². The van der Waals surface area contributed by atoms with Crippen LogP contribution < -0.4 is 4.89 Å². The normalized spacial score (nSPS) is 13.7. The fraction of sp³-hybridized carbons (Fsp3) is 0.750. The molecule has 0 aromatic rings. The van der Waals surface area contributed by atoms with E-state index in [1.165, 1.54) is 244 Å². The molecule has 0 N–H and O–H groups in total. The van der Waals surface area contributed by atoms with Crippen LogP contribution in [0.3, 0.4) is 0 Å². The monoisotopic (exact) mass is 1390 g/mol. The molecule has 0 bridgehead atoms. The van der Waals surface area contributed by atoms with Crippen molar-refractivity contribution in [2.45, 2.75) is 380 Å². The van der Waals surface area contributed by atoms with Crippen LogP contribution in [0.4, 0.5) is 0 Å². The molecule has 0 spiro atoms. The molecule has 9 nitrogen and oxygen atoms in total. The Hall–Kier alpha value is -3.59. The fourth-order valence-electron chi connectivity index (χ4n) is 11.7.